The number of rotatable bonds is 2. The zero-order chi connectivity index (χ0) is 21.1. The van der Waals surface area contributed by atoms with Crippen LogP contribution >= 0.6 is 35.6 Å². The van der Waals surface area contributed by atoms with Crippen molar-refractivity contribution in [3.8, 4) is 22.6 Å². The molecule has 30 heavy (non-hydrogen) atoms. The van der Waals surface area contributed by atoms with Gasteiger partial charge in [0.1, 0.15) is 17.3 Å². The molecule has 0 bridgehead atoms. The van der Waals surface area contributed by atoms with Crippen LogP contribution in [0.5, 0.6) is 0 Å². The minimum Gasteiger partial charge on any atom is -0.335 e. The van der Waals surface area contributed by atoms with Crippen LogP contribution in [0.2, 0.25) is 10.0 Å². The molecule has 4 aromatic rings. The Morgan fingerprint density at radius 1 is 1.07 bits per heavy atom. The molecular weight excluding hydrogens is 453 g/mol. The monoisotopic (exact) mass is 470 g/mol. The van der Waals surface area contributed by atoms with E-state index in [0.29, 0.717) is 38.2 Å². The number of hydrogen-bond acceptors (Lipinski definition) is 2. The van der Waals surface area contributed by atoms with Crippen LogP contribution in [-0.2, 0) is 12.5 Å². The minimum absolute atomic E-state index is 0. The van der Waals surface area contributed by atoms with Gasteiger partial charge >= 0.3 is 0 Å². The number of fused-ring (bicyclic) bond motifs is 1. The van der Waals surface area contributed by atoms with Gasteiger partial charge in [0.25, 0.3) is 0 Å². The lowest BCUT2D eigenvalue weighted by Crippen LogP contribution is -2.12. The Balaban J connectivity index is 0.00000256. The molecule has 4 rings (SSSR count). The first-order chi connectivity index (χ1) is 13.6. The second kappa shape index (κ2) is 7.84. The van der Waals surface area contributed by atoms with Crippen molar-refractivity contribution in [2.45, 2.75) is 26.2 Å². The predicted molar refractivity (Wildman–Crippen MR) is 120 cm³/mol. The first kappa shape index (κ1) is 22.5. The number of nitrogens with zero attached hydrogens (tertiary/aromatic N) is 3. The zero-order valence-electron chi connectivity index (χ0n) is 16.6. The van der Waals surface area contributed by atoms with E-state index in [2.05, 4.69) is 15.1 Å². The molecule has 2 aromatic carbocycles. The number of halogens is 5. The summed E-state index contributed by atoms with van der Waals surface area (Å²) in [6.45, 7) is 6.07. The highest BCUT2D eigenvalue weighted by Crippen LogP contribution is 2.38. The van der Waals surface area contributed by atoms with Crippen molar-refractivity contribution in [2.24, 2.45) is 7.05 Å². The average Bonchev–Trinajstić information content (AvgIpc) is 3.15. The first-order valence-corrected chi connectivity index (χ1v) is 9.70. The second-order valence-electron chi connectivity index (χ2n) is 7.92. The van der Waals surface area contributed by atoms with E-state index >= 15 is 0 Å². The van der Waals surface area contributed by atoms with Gasteiger partial charge in [-0.1, -0.05) is 50.0 Å². The van der Waals surface area contributed by atoms with Crippen LogP contribution in [0.3, 0.4) is 0 Å². The summed E-state index contributed by atoms with van der Waals surface area (Å²) in [6, 6.07) is 6.83. The average molecular weight is 472 g/mol. The summed E-state index contributed by atoms with van der Waals surface area (Å²) in [5.74, 6) is -0.857. The topological polar surface area (TPSA) is 46.5 Å². The summed E-state index contributed by atoms with van der Waals surface area (Å²) >= 11 is 13.0. The number of aromatic amines is 1. The maximum absolute atomic E-state index is 14.2. The van der Waals surface area contributed by atoms with E-state index in [1.54, 1.807) is 17.8 Å². The molecule has 0 saturated carbocycles. The van der Waals surface area contributed by atoms with Gasteiger partial charge in [0.05, 0.1) is 32.3 Å². The van der Waals surface area contributed by atoms with Crippen LogP contribution in [0.1, 0.15) is 26.5 Å². The molecule has 1 N–H and O–H groups in total. The molecule has 0 fully saturated rings. The van der Waals surface area contributed by atoms with Crippen LogP contribution in [0.4, 0.5) is 8.78 Å². The van der Waals surface area contributed by atoms with Gasteiger partial charge in [0.15, 0.2) is 5.82 Å². The molecule has 0 unspecified atom stereocenters. The highest BCUT2D eigenvalue weighted by Gasteiger charge is 2.27. The number of benzene rings is 2. The Hall–Kier alpha value is -2.15. The number of imidazole rings is 1. The van der Waals surface area contributed by atoms with Crippen molar-refractivity contribution in [3.05, 3.63) is 57.7 Å². The molecule has 0 saturated heterocycles. The van der Waals surface area contributed by atoms with Crippen molar-refractivity contribution in [2.75, 3.05) is 0 Å². The summed E-state index contributed by atoms with van der Waals surface area (Å²) in [7, 11) is 1.78. The number of nitrogens with one attached hydrogen (secondary N) is 1. The zero-order valence-corrected chi connectivity index (χ0v) is 19.0. The van der Waals surface area contributed by atoms with E-state index in [1.807, 2.05) is 20.8 Å². The van der Waals surface area contributed by atoms with Crippen LogP contribution in [0.15, 0.2) is 30.3 Å². The van der Waals surface area contributed by atoms with Gasteiger partial charge in [0.2, 0.25) is 0 Å². The van der Waals surface area contributed by atoms with Crippen molar-refractivity contribution in [3.63, 3.8) is 0 Å². The molecule has 0 aliphatic carbocycles. The molecule has 0 aliphatic rings. The molecule has 158 valence electrons. The van der Waals surface area contributed by atoms with Crippen LogP contribution in [0.25, 0.3) is 33.7 Å². The molecule has 0 aliphatic heterocycles. The van der Waals surface area contributed by atoms with E-state index in [0.717, 1.165) is 5.69 Å². The number of H-pyrrole nitrogens is 1. The third-order valence-electron chi connectivity index (χ3n) is 4.72. The van der Waals surface area contributed by atoms with E-state index in [9.17, 15) is 8.78 Å². The summed E-state index contributed by atoms with van der Waals surface area (Å²) in [6.07, 6.45) is 0. The molecule has 9 heteroatoms. The van der Waals surface area contributed by atoms with Gasteiger partial charge in [-0.15, -0.1) is 12.4 Å². The van der Waals surface area contributed by atoms with E-state index in [4.69, 9.17) is 23.2 Å². The van der Waals surface area contributed by atoms with Crippen molar-refractivity contribution in [1.82, 2.24) is 19.7 Å². The highest BCUT2D eigenvalue weighted by atomic mass is 35.5. The summed E-state index contributed by atoms with van der Waals surface area (Å²) in [5, 5.41) is 5.33. The smallest absolute Gasteiger partial charge is 0.158 e. The normalized spacial score (nSPS) is 11.7. The molecule has 0 atom stereocenters. The van der Waals surface area contributed by atoms with Crippen molar-refractivity contribution in [1.29, 1.82) is 0 Å². The van der Waals surface area contributed by atoms with Gasteiger partial charge in [0, 0.05) is 12.5 Å². The number of hydrogen-bond donors (Lipinski definition) is 1. The van der Waals surface area contributed by atoms with Gasteiger partial charge in [-0.2, -0.15) is 5.10 Å². The lowest BCUT2D eigenvalue weighted by Gasteiger charge is -2.15. The number of aryl methyl sites for hydroxylation is 1. The van der Waals surface area contributed by atoms with Gasteiger partial charge in [-0.3, -0.25) is 4.68 Å². The minimum atomic E-state index is -0.666. The summed E-state index contributed by atoms with van der Waals surface area (Å²) in [4.78, 5) is 7.73. The predicted octanol–water partition coefficient (Wildman–Crippen LogP) is 6.93. The van der Waals surface area contributed by atoms with Gasteiger partial charge in [-0.25, -0.2) is 13.8 Å². The molecule has 0 radical (unpaired) electrons. The Morgan fingerprint density at radius 2 is 1.70 bits per heavy atom. The van der Waals surface area contributed by atoms with Crippen LogP contribution in [0, 0.1) is 11.6 Å². The summed E-state index contributed by atoms with van der Waals surface area (Å²) < 4.78 is 30.1. The van der Waals surface area contributed by atoms with Crippen molar-refractivity contribution < 1.29 is 8.78 Å². The molecule has 0 spiro atoms. The standard InChI is InChI=1S/C21H18Cl2F2N4.ClH/c1-21(2,3)19-16(23)18(29(4)28-19)20-26-14-9-10(8-11(22)17(14)27-20)15-12(24)6-5-7-13(15)25;/h5-9H,1-4H3,(H,26,27);1H. The van der Waals surface area contributed by atoms with Crippen molar-refractivity contribution >= 4 is 46.6 Å². The lowest BCUT2D eigenvalue weighted by molar-refractivity contribution is 0.553. The largest absolute Gasteiger partial charge is 0.335 e. The maximum Gasteiger partial charge on any atom is 0.158 e. The number of aromatic nitrogens is 4. The maximum atomic E-state index is 14.2. The first-order valence-electron chi connectivity index (χ1n) is 8.95. The fourth-order valence-corrected chi connectivity index (χ4v) is 4.13. The molecule has 4 nitrogen and oxygen atoms in total. The van der Waals surface area contributed by atoms with Gasteiger partial charge in [-0.05, 0) is 29.8 Å². The quantitative estimate of drug-likeness (QED) is 0.344. The molecular formula is C21H19Cl3F2N4. The Morgan fingerprint density at radius 3 is 2.27 bits per heavy atom. The Labute approximate surface area is 188 Å². The van der Waals surface area contributed by atoms with E-state index in [1.165, 1.54) is 24.3 Å². The molecule has 0 amide bonds. The lowest BCUT2D eigenvalue weighted by atomic mass is 9.92. The fraction of sp³-hybridized carbons (Fsp3) is 0.238. The SMILES string of the molecule is Cl.Cn1nc(C(C)(C)C)c(Cl)c1-c1nc2cc(-c3c(F)cccc3F)cc(Cl)c2[nH]1. The van der Waals surface area contributed by atoms with E-state index < -0.39 is 11.6 Å². The Kier molecular flexibility index (Phi) is 5.89. The summed E-state index contributed by atoms with van der Waals surface area (Å²) in [5.41, 5.74) is 2.31. The molecule has 2 heterocycles. The Bertz CT molecular complexity index is 1240. The fourth-order valence-electron chi connectivity index (χ4n) is 3.34. The van der Waals surface area contributed by atoms with Gasteiger partial charge < -0.3 is 4.98 Å². The third kappa shape index (κ3) is 3.68. The van der Waals surface area contributed by atoms with Crippen LogP contribution < -0.4 is 0 Å². The highest BCUT2D eigenvalue weighted by molar-refractivity contribution is 6.35. The second-order valence-corrected chi connectivity index (χ2v) is 8.70. The van der Waals surface area contributed by atoms with Crippen LogP contribution in [-0.4, -0.2) is 19.7 Å². The van der Waals surface area contributed by atoms with E-state index in [-0.39, 0.29) is 23.4 Å². The molecule has 2 aromatic heterocycles. The third-order valence-corrected chi connectivity index (χ3v) is 5.38.